The highest BCUT2D eigenvalue weighted by Crippen LogP contribution is 2.60. The number of Topliss-reactive ketones (excluding diaryl/α,β-unsaturated/α-hetero) is 1. The number of carbonyl (C=O) groups is 5. The lowest BCUT2D eigenvalue weighted by atomic mass is 9.49. The van der Waals surface area contributed by atoms with Crippen molar-refractivity contribution in [3.05, 3.63) is 119 Å². The maximum atomic E-state index is 15.7. The van der Waals surface area contributed by atoms with E-state index in [0.717, 1.165) is 0 Å². The molecule has 2 N–H and O–H groups in total. The molecule has 3 aliphatic rings. The van der Waals surface area contributed by atoms with Crippen LogP contribution >= 0.6 is 0 Å². The van der Waals surface area contributed by atoms with E-state index in [9.17, 15) is 29.4 Å². The summed E-state index contributed by atoms with van der Waals surface area (Å²) in [5.74, 6) is -3.45. The van der Waals surface area contributed by atoms with Gasteiger partial charge in [0.2, 0.25) is 0 Å². The molecule has 2 aliphatic carbocycles. The molecule has 6 rings (SSSR count). The van der Waals surface area contributed by atoms with Crippen LogP contribution in [0.4, 0.5) is 9.59 Å². The Kier molecular flexibility index (Phi) is 13.5. The van der Waals surface area contributed by atoms with Crippen LogP contribution in [-0.4, -0.2) is 89.6 Å². The van der Waals surface area contributed by atoms with Crippen molar-refractivity contribution in [1.29, 1.82) is 0 Å². The van der Waals surface area contributed by atoms with Gasteiger partial charge in [-0.2, -0.15) is 0 Å². The molecule has 0 unspecified atom stereocenters. The SMILES string of the molecule is CC(=O)O[C@@]12CO[C@@H]1C[C@H](O)[C@@]1(C)C(=O)[C@H](OC(=O)OCc3ccccc3)/C(=C(\C)[C@H](CCO)OC(=O)OCc3ccccc3)C(C)(C)C[C@@H](OC(=O)c3ccccc3)[C@H]21. The average Bonchev–Trinajstić information content (AvgIpc) is 3.22. The Hall–Kier alpha value is -5.57. The predicted octanol–water partition coefficient (Wildman–Crippen LogP) is 6.44. The minimum absolute atomic E-state index is 0.0859. The molecule has 3 fully saturated rings. The maximum absolute atomic E-state index is 15.7. The third kappa shape index (κ3) is 9.10. The molecule has 1 heterocycles. The van der Waals surface area contributed by atoms with Gasteiger partial charge in [-0.3, -0.25) is 9.59 Å². The zero-order valence-corrected chi connectivity index (χ0v) is 34.4. The quantitative estimate of drug-likeness (QED) is 0.115. The fourth-order valence-corrected chi connectivity index (χ4v) is 9.14. The number of rotatable bonds is 12. The number of fused-ring (bicyclic) bond motifs is 3. The molecule has 0 bridgehead atoms. The van der Waals surface area contributed by atoms with E-state index in [1.165, 1.54) is 13.8 Å². The molecule has 3 aromatic carbocycles. The maximum Gasteiger partial charge on any atom is 0.509 e. The number of aliphatic hydroxyl groups excluding tert-OH is 2. The fraction of sp³-hybridized carbons (Fsp3) is 0.457. The molecule has 0 amide bonds. The van der Waals surface area contributed by atoms with Crippen molar-refractivity contribution in [2.75, 3.05) is 13.2 Å². The third-order valence-corrected chi connectivity index (χ3v) is 12.0. The first-order valence-corrected chi connectivity index (χ1v) is 20.0. The molecule has 1 saturated heterocycles. The monoisotopic (exact) mass is 828 g/mol. The first-order valence-electron chi connectivity index (χ1n) is 20.0. The average molecular weight is 829 g/mol. The van der Waals surface area contributed by atoms with Crippen molar-refractivity contribution in [1.82, 2.24) is 0 Å². The van der Waals surface area contributed by atoms with Gasteiger partial charge >= 0.3 is 24.2 Å². The van der Waals surface area contributed by atoms with E-state index in [2.05, 4.69) is 0 Å². The van der Waals surface area contributed by atoms with Gasteiger partial charge in [0.1, 0.15) is 31.5 Å². The van der Waals surface area contributed by atoms with Gasteiger partial charge < -0.3 is 43.4 Å². The van der Waals surface area contributed by atoms with E-state index < -0.39 is 89.5 Å². The molecular weight excluding hydrogens is 776 g/mol. The summed E-state index contributed by atoms with van der Waals surface area (Å²) in [6.07, 6.45) is -9.25. The molecule has 0 aromatic heterocycles. The highest BCUT2D eigenvalue weighted by molar-refractivity contribution is 5.95. The molecule has 0 radical (unpaired) electrons. The van der Waals surface area contributed by atoms with E-state index in [1.54, 1.807) is 106 Å². The summed E-state index contributed by atoms with van der Waals surface area (Å²) in [5.41, 5.74) is -2.79. The number of carbonyl (C=O) groups excluding carboxylic acids is 5. The molecule has 60 heavy (non-hydrogen) atoms. The molecule has 320 valence electrons. The molecule has 14 heteroatoms. The van der Waals surface area contributed by atoms with Crippen LogP contribution in [0.15, 0.2) is 102 Å². The first kappa shape index (κ1) is 44.0. The highest BCUT2D eigenvalue weighted by atomic mass is 16.7. The molecule has 8 atom stereocenters. The van der Waals surface area contributed by atoms with E-state index in [1.807, 2.05) is 6.07 Å². The number of benzene rings is 3. The van der Waals surface area contributed by atoms with E-state index in [-0.39, 0.29) is 55.8 Å². The Balaban J connectivity index is 1.49. The minimum Gasteiger partial charge on any atom is -0.458 e. The Labute approximate surface area is 348 Å². The summed E-state index contributed by atoms with van der Waals surface area (Å²) in [5, 5.41) is 22.4. The second-order valence-corrected chi connectivity index (χ2v) is 16.4. The van der Waals surface area contributed by atoms with Gasteiger partial charge in [-0.15, -0.1) is 0 Å². The normalized spacial score (nSPS) is 28.1. The van der Waals surface area contributed by atoms with E-state index in [4.69, 9.17) is 33.2 Å². The molecule has 0 spiro atoms. The molecule has 2 saturated carbocycles. The van der Waals surface area contributed by atoms with E-state index >= 15 is 4.79 Å². The summed E-state index contributed by atoms with van der Waals surface area (Å²) >= 11 is 0. The number of ether oxygens (including phenoxy) is 7. The van der Waals surface area contributed by atoms with Gasteiger partial charge in [-0.05, 0) is 60.1 Å². The number of ketones is 1. The predicted molar refractivity (Wildman–Crippen MR) is 213 cm³/mol. The van der Waals surface area contributed by atoms with Crippen LogP contribution in [0.2, 0.25) is 0 Å². The summed E-state index contributed by atoms with van der Waals surface area (Å²) in [6.45, 7) is 6.85. The van der Waals surface area contributed by atoms with Gasteiger partial charge in [0.25, 0.3) is 0 Å². The molecule has 14 nitrogen and oxygen atoms in total. The largest absolute Gasteiger partial charge is 0.509 e. The number of esters is 2. The Bertz CT molecular complexity index is 2050. The van der Waals surface area contributed by atoms with Crippen molar-refractivity contribution in [2.24, 2.45) is 16.7 Å². The summed E-state index contributed by atoms with van der Waals surface area (Å²) in [6, 6.07) is 26.0. The van der Waals surface area contributed by atoms with Crippen LogP contribution in [0.25, 0.3) is 0 Å². The van der Waals surface area contributed by atoms with Crippen LogP contribution in [0.1, 0.15) is 75.4 Å². The molecule has 3 aromatic rings. The lowest BCUT2D eigenvalue weighted by Gasteiger charge is -2.64. The second kappa shape index (κ2) is 18.4. The van der Waals surface area contributed by atoms with Gasteiger partial charge in [-0.1, -0.05) is 92.7 Å². The minimum atomic E-state index is -1.94. The number of hydrogen-bond donors (Lipinski definition) is 2. The van der Waals surface area contributed by atoms with Gasteiger partial charge in [-0.25, -0.2) is 14.4 Å². The summed E-state index contributed by atoms with van der Waals surface area (Å²) in [4.78, 5) is 69.6. The van der Waals surface area contributed by atoms with Gasteiger partial charge in [0, 0.05) is 26.4 Å². The van der Waals surface area contributed by atoms with Gasteiger partial charge in [0.05, 0.1) is 29.6 Å². The number of hydrogen-bond acceptors (Lipinski definition) is 14. The smallest absolute Gasteiger partial charge is 0.458 e. The molecular formula is C46H52O14. The van der Waals surface area contributed by atoms with Crippen LogP contribution in [0.5, 0.6) is 0 Å². The van der Waals surface area contributed by atoms with Crippen molar-refractivity contribution < 1.29 is 67.3 Å². The van der Waals surface area contributed by atoms with Crippen molar-refractivity contribution in [3.63, 3.8) is 0 Å². The number of aliphatic hydroxyl groups is 2. The van der Waals surface area contributed by atoms with Gasteiger partial charge in [0.15, 0.2) is 17.5 Å². The lowest BCUT2D eigenvalue weighted by molar-refractivity contribution is -0.331. The van der Waals surface area contributed by atoms with Crippen molar-refractivity contribution in [3.8, 4) is 0 Å². The van der Waals surface area contributed by atoms with Crippen LogP contribution in [0, 0.1) is 16.7 Å². The summed E-state index contributed by atoms with van der Waals surface area (Å²) < 4.78 is 41.1. The summed E-state index contributed by atoms with van der Waals surface area (Å²) in [7, 11) is 0. The van der Waals surface area contributed by atoms with Crippen molar-refractivity contribution >= 4 is 30.0 Å². The fourth-order valence-electron chi connectivity index (χ4n) is 9.14. The van der Waals surface area contributed by atoms with E-state index in [0.29, 0.717) is 11.1 Å². The Morgan fingerprint density at radius 2 is 1.38 bits per heavy atom. The first-order chi connectivity index (χ1) is 28.6. The zero-order valence-electron chi connectivity index (χ0n) is 34.4. The van der Waals surface area contributed by atoms with Crippen LogP contribution in [-0.2, 0) is 56.0 Å². The Morgan fingerprint density at radius 1 is 0.817 bits per heavy atom. The molecule has 1 aliphatic heterocycles. The standard InChI is InChI=1S/C46H52O14/c1-28(33(21-22-47)58-42(52)54-25-30-15-9-6-10-16-30)37-38(59-43(53)55-26-31-17-11-7-12-18-31)40(50)45(5)35(49)23-36-46(27-56-36,60-29(2)48)39(45)34(24-44(37,3)4)57-41(51)32-19-13-8-14-20-32/h6-20,33-36,38-39,47,49H,21-27H2,1-5H3/b37-28-/t33-,34+,35-,36+,38+,39-,45+,46-/m0/s1. The Morgan fingerprint density at radius 3 is 1.92 bits per heavy atom. The lowest BCUT2D eigenvalue weighted by Crippen LogP contribution is -2.78. The highest BCUT2D eigenvalue weighted by Gasteiger charge is 2.74. The van der Waals surface area contributed by atoms with Crippen LogP contribution < -0.4 is 0 Å². The second-order valence-electron chi connectivity index (χ2n) is 16.4. The van der Waals surface area contributed by atoms with Crippen molar-refractivity contribution in [2.45, 2.75) is 103 Å². The zero-order chi connectivity index (χ0) is 43.2. The van der Waals surface area contributed by atoms with Crippen LogP contribution in [0.3, 0.4) is 0 Å². The third-order valence-electron chi connectivity index (χ3n) is 12.0. The topological polar surface area (TPSA) is 190 Å².